The topological polar surface area (TPSA) is 579 Å². The number of amides is 1. The van der Waals surface area contributed by atoms with Gasteiger partial charge in [-0.25, -0.2) is 19.8 Å². The van der Waals surface area contributed by atoms with E-state index in [-0.39, 0.29) is 97.5 Å². The molecule has 38 nitrogen and oxygen atoms in total. The standard InChI is InChI=1S/C97H105N5O33/c1-42-58(131-90(118)86(49(27-28-103)47-19-13-11-14-20-47)133-64(106)38-100-39-94(120)32-52-69(59(35-94)129-65-29-54(98)76(107)43(2)126-65)84(115)73-71(80(52)111)78(109)50-23-17-25-56(123-9)67(50)82(73)113)37-97(122)88(134-89(117)48-21-15-12-16-22-48)87-93(8,34-61(128-45(4)104)75(42)92(97,6)7)62(31-63-96(87,41-125-63)135-46(5)105)132-91(119)102-101-40-95(121)33-53-70(60(36-95)130-66-30-55(99)77(108)44(3)127-66)85(116)74-72(81(53)112)79(110)51-24-18-26-57(124-10)68(51)83(74)114/h11-26,28,39-40,43-44,49,54-55,58-63,65-66,76-77,86-88,107-108,111-112,115-116,120-122H,27,29-38,41,98-99H2,1-10H3,(H,102,119)/t43-,44-,49-,54-,55-,58+,59+,60+,61+,62+,63-,65-,66-,76+,77+,86+,87+,88+,93-,94+,95+,96+,97-/m1/s1. The number of nitrogens with two attached hydrogens (primary N) is 2. The van der Waals surface area contributed by atoms with Crippen LogP contribution in [0.5, 0.6) is 34.5 Å². The molecular weight excluding hydrogens is 1760 g/mol. The summed E-state index contributed by atoms with van der Waals surface area (Å²) in [6.45, 7) is 9.93. The van der Waals surface area contributed by atoms with Crippen LogP contribution in [0.1, 0.15) is 227 Å². The number of nitrogens with one attached hydrogen (secondary N) is 1. The van der Waals surface area contributed by atoms with Crippen molar-refractivity contribution >= 4 is 77.8 Å². The monoisotopic (exact) mass is 1870 g/mol. The summed E-state index contributed by atoms with van der Waals surface area (Å²) in [5, 5.41) is 115. The number of ketones is 4. The molecule has 5 fully saturated rings. The molecule has 3 saturated heterocycles. The van der Waals surface area contributed by atoms with Crippen molar-refractivity contribution < 1.29 is 160 Å². The predicted molar refractivity (Wildman–Crippen MR) is 467 cm³/mol. The smallest absolute Gasteiger partial charge is 0.428 e. The largest absolute Gasteiger partial charge is 0.507 e. The first-order chi connectivity index (χ1) is 64.0. The summed E-state index contributed by atoms with van der Waals surface area (Å²) in [4.78, 5) is 165. The molecule has 0 unspecified atom stereocenters. The number of hydrazone groups is 1. The molecule has 2 saturated carbocycles. The van der Waals surface area contributed by atoms with Crippen molar-refractivity contribution in [3.8, 4) is 34.5 Å². The number of fused-ring (bicyclic) bond motifs is 11. The number of ether oxygens (including phenoxy) is 13. The Hall–Kier alpha value is -12.3. The van der Waals surface area contributed by atoms with Crippen LogP contribution in [0.25, 0.3) is 0 Å². The highest BCUT2D eigenvalue weighted by molar-refractivity contribution is 6.32. The highest BCUT2D eigenvalue weighted by atomic mass is 16.7. The van der Waals surface area contributed by atoms with Gasteiger partial charge >= 0.3 is 35.9 Å². The number of phenols is 4. The van der Waals surface area contributed by atoms with Crippen LogP contribution in [0.3, 0.4) is 0 Å². The van der Waals surface area contributed by atoms with Crippen molar-refractivity contribution in [1.82, 2.24) is 5.43 Å². The van der Waals surface area contributed by atoms with E-state index in [0.29, 0.717) is 6.29 Å². The second-order valence-electron chi connectivity index (χ2n) is 37.2. The number of aromatic hydroxyl groups is 4. The number of aldehydes is 1. The number of benzene rings is 6. The molecule has 135 heavy (non-hydrogen) atoms. The fourth-order valence-corrected chi connectivity index (χ4v) is 22.1. The van der Waals surface area contributed by atoms with Gasteiger partial charge in [0.1, 0.15) is 94.7 Å². The van der Waals surface area contributed by atoms with Crippen LogP contribution >= 0.6 is 0 Å². The number of phenolic OH excluding ortho intramolecular Hbond substituents is 4. The number of aliphatic imine (C=N–C) groups is 1. The van der Waals surface area contributed by atoms with Gasteiger partial charge in [-0.1, -0.05) is 93.6 Å². The fourth-order valence-electron chi connectivity index (χ4n) is 22.1. The van der Waals surface area contributed by atoms with Crippen LogP contribution in [0.4, 0.5) is 4.79 Å². The number of nitrogens with zero attached hydrogens (tertiary/aromatic N) is 2. The summed E-state index contributed by atoms with van der Waals surface area (Å²) < 4.78 is 80.9. The van der Waals surface area contributed by atoms with E-state index < -0.39 is 305 Å². The maximum Gasteiger partial charge on any atom is 0.428 e. The number of methoxy groups -OCH3 is 2. The maximum atomic E-state index is 15.9. The molecule has 6 aromatic carbocycles. The Kier molecular flexibility index (Phi) is 25.8. The Labute approximate surface area is 772 Å². The lowest BCUT2D eigenvalue weighted by molar-refractivity contribution is -0.353. The average molecular weight is 1870 g/mol. The van der Waals surface area contributed by atoms with Gasteiger partial charge < -0.3 is 124 Å². The minimum Gasteiger partial charge on any atom is -0.507 e. The molecular formula is C97H105N5O33. The summed E-state index contributed by atoms with van der Waals surface area (Å²) in [5.74, 6) is -15.4. The minimum atomic E-state index is -2.68. The molecule has 23 atom stereocenters. The van der Waals surface area contributed by atoms with E-state index >= 15 is 14.4 Å². The summed E-state index contributed by atoms with van der Waals surface area (Å²) in [6, 6.07) is 22.0. The Balaban J connectivity index is 0.729. The number of aliphatic hydroxyl groups is 5. The summed E-state index contributed by atoms with van der Waals surface area (Å²) in [7, 11) is 2.55. The maximum absolute atomic E-state index is 15.9. The Bertz CT molecular complexity index is 5920. The van der Waals surface area contributed by atoms with E-state index in [4.69, 9.17) is 73.0 Å². The second-order valence-corrected chi connectivity index (χ2v) is 37.2. The number of carbonyl (C=O) groups excluding carboxylic acids is 11. The third-order valence-corrected chi connectivity index (χ3v) is 28.5. The molecule has 0 radical (unpaired) electrons. The van der Waals surface area contributed by atoms with Gasteiger partial charge in [0.05, 0.1) is 109 Å². The lowest BCUT2D eigenvalue weighted by atomic mass is 9.45. The number of esters is 5. The van der Waals surface area contributed by atoms with Crippen molar-refractivity contribution in [3.63, 3.8) is 0 Å². The van der Waals surface area contributed by atoms with E-state index in [1.807, 2.05) is 0 Å². The van der Waals surface area contributed by atoms with Crippen LogP contribution in [-0.2, 0) is 88.9 Å². The molecule has 16 rings (SSSR count). The molecule has 3 aliphatic heterocycles. The number of aliphatic hydroxyl groups excluding tert-OH is 2. The van der Waals surface area contributed by atoms with Gasteiger partial charge in [0.25, 0.3) is 0 Å². The molecule has 14 N–H and O–H groups in total. The van der Waals surface area contributed by atoms with E-state index in [9.17, 15) is 84.3 Å². The summed E-state index contributed by atoms with van der Waals surface area (Å²) in [6.07, 6.45) is -24.2. The van der Waals surface area contributed by atoms with Crippen LogP contribution in [0, 0.1) is 16.7 Å². The summed E-state index contributed by atoms with van der Waals surface area (Å²) in [5.41, 5.74) is -1.90. The molecule has 3 heterocycles. The molecule has 10 aliphatic rings. The van der Waals surface area contributed by atoms with E-state index in [2.05, 4.69) is 15.5 Å². The van der Waals surface area contributed by atoms with Gasteiger partial charge in [0.2, 0.25) is 17.7 Å². The minimum absolute atomic E-state index is 0.00903. The quantitative estimate of drug-likeness (QED) is 0.00663. The Morgan fingerprint density at radius 3 is 1.61 bits per heavy atom. The third-order valence-electron chi connectivity index (χ3n) is 28.5. The van der Waals surface area contributed by atoms with Crippen molar-refractivity contribution in [1.29, 1.82) is 0 Å². The molecule has 0 spiro atoms. The third kappa shape index (κ3) is 16.7. The van der Waals surface area contributed by atoms with Gasteiger partial charge in [-0.2, -0.15) is 5.10 Å². The molecule has 0 aromatic heterocycles. The first kappa shape index (κ1) is 95.8. The lowest BCUT2D eigenvalue weighted by Crippen LogP contribution is -2.80. The van der Waals surface area contributed by atoms with E-state index in [1.54, 1.807) is 57.2 Å². The van der Waals surface area contributed by atoms with Crippen molar-refractivity contribution in [3.05, 3.63) is 186 Å². The van der Waals surface area contributed by atoms with Gasteiger partial charge in [-0.15, -0.1) is 0 Å². The Morgan fingerprint density at radius 1 is 0.600 bits per heavy atom. The van der Waals surface area contributed by atoms with Crippen LogP contribution in [0.2, 0.25) is 0 Å². The molecule has 7 aliphatic carbocycles. The Morgan fingerprint density at radius 2 is 1.12 bits per heavy atom. The first-order valence-corrected chi connectivity index (χ1v) is 44.2. The van der Waals surface area contributed by atoms with Gasteiger partial charge in [-0.3, -0.25) is 38.6 Å². The zero-order chi connectivity index (χ0) is 97.1. The van der Waals surface area contributed by atoms with Crippen molar-refractivity contribution in [2.24, 2.45) is 38.3 Å². The highest BCUT2D eigenvalue weighted by Gasteiger charge is 2.77. The number of hydrogen-bond acceptors (Lipinski definition) is 37. The molecule has 6 aromatic rings. The average Bonchev–Trinajstić information content (AvgIpc) is 0.669. The van der Waals surface area contributed by atoms with Crippen LogP contribution in [0.15, 0.2) is 118 Å². The van der Waals surface area contributed by atoms with Crippen molar-refractivity contribution in [2.75, 3.05) is 27.4 Å². The van der Waals surface area contributed by atoms with Gasteiger partial charge in [0.15, 0.2) is 29.7 Å². The normalized spacial score (nSPS) is 31.8. The van der Waals surface area contributed by atoms with E-state index in [1.165, 1.54) is 95.7 Å². The van der Waals surface area contributed by atoms with Crippen LogP contribution < -0.4 is 26.4 Å². The highest BCUT2D eigenvalue weighted by Crippen LogP contribution is 2.67. The molecule has 716 valence electrons. The molecule has 2 bridgehead atoms. The SMILES string of the molecule is COc1cccc2c1C(=O)c1c(O)c3c(c(O)c1C2=O)C[C@@](O)(C=NCC(=O)O[C@H](C(=O)O[C@H]1C[C@@]2(O)[C@@H](OC(=O)c4ccccc4)[C@H]4[C@](C)(C[C@H](OC(C)=O)C(=C1C)C2(C)C)[C@@H](OC(=O)NN=C[C@]1(O)Cc2c(O)c5c(c(O)c2[C@@H](O[C@@H]2C[C@@H](N)[C@@H](O)[C@@H](C)O2)C1)C(=O)c1c(OC)cccc1C5=O)C[C@H]1OC[C@]14OC(C)=O)[C@H](CC=O)c1ccccc1)C[C@@H]3O[C@@H]1C[C@@H](N)[C@@H](O)[C@@H](C)O1. The van der Waals surface area contributed by atoms with E-state index in [0.717, 1.165) is 26.3 Å². The number of rotatable bonds is 23. The predicted octanol–water partition coefficient (Wildman–Crippen LogP) is 6.01. The number of carbonyl (C=O) groups is 11. The van der Waals surface area contributed by atoms with Crippen molar-refractivity contribution in [2.45, 2.75) is 246 Å². The molecule has 1 amide bonds. The zero-order valence-corrected chi connectivity index (χ0v) is 75.2. The second kappa shape index (κ2) is 36.4. The van der Waals surface area contributed by atoms with Gasteiger partial charge in [0, 0.05) is 140 Å². The fraction of sp³-hybridized carbons (Fsp3) is 0.474. The number of hydrogen-bond donors (Lipinski definition) is 12. The molecule has 38 heteroatoms. The van der Waals surface area contributed by atoms with Crippen LogP contribution in [-0.4, -0.2) is 259 Å². The lowest BCUT2D eigenvalue weighted by Gasteiger charge is -2.68. The van der Waals surface area contributed by atoms with Gasteiger partial charge in [-0.05, 0) is 68.2 Å². The first-order valence-electron chi connectivity index (χ1n) is 44.2. The summed E-state index contributed by atoms with van der Waals surface area (Å²) >= 11 is 0. The zero-order valence-electron chi connectivity index (χ0n) is 75.2.